The fraction of sp³-hybridized carbons (Fsp3) is 1.00. The predicted molar refractivity (Wildman–Crippen MR) is 59.6 cm³/mol. The molecule has 3 N–H and O–H groups in total. The Bertz CT molecular complexity index is 161. The lowest BCUT2D eigenvalue weighted by Crippen LogP contribution is -2.53. The molecule has 1 aliphatic rings. The van der Waals surface area contributed by atoms with E-state index in [1.54, 1.807) is 9.24 Å². The van der Waals surface area contributed by atoms with Crippen molar-refractivity contribution in [2.45, 2.75) is 44.9 Å². The molecule has 1 rings (SSSR count). The molecule has 0 aromatic carbocycles. The summed E-state index contributed by atoms with van der Waals surface area (Å²) in [4.78, 5) is 0. The van der Waals surface area contributed by atoms with Crippen LogP contribution >= 0.6 is 9.24 Å². The van der Waals surface area contributed by atoms with Crippen LogP contribution < -0.4 is 11.1 Å². The average Bonchev–Trinajstić information content (AvgIpc) is 2.11. The molecule has 14 heavy (non-hydrogen) atoms. The maximum absolute atomic E-state index is 12.8. The quantitative estimate of drug-likeness (QED) is 0.669. The van der Waals surface area contributed by atoms with Gasteiger partial charge in [0.1, 0.15) is 0 Å². The highest BCUT2D eigenvalue weighted by Gasteiger charge is 2.38. The van der Waals surface area contributed by atoms with Crippen molar-refractivity contribution in [1.82, 2.24) is 5.32 Å². The number of alkyl halides is 2. The Labute approximate surface area is 87.2 Å². The van der Waals surface area contributed by atoms with Crippen LogP contribution in [0.15, 0.2) is 0 Å². The standard InChI is InChI=1S/C7H15F2N2P.C2H6/c1-4-6(10)2-5(3-11-4)7(8,9)12;1-2/h4-6,11H,2-3,10,12H2,1H3;1-2H3. The van der Waals surface area contributed by atoms with Crippen LogP contribution in [0.25, 0.3) is 0 Å². The lowest BCUT2D eigenvalue weighted by atomic mass is 9.91. The summed E-state index contributed by atoms with van der Waals surface area (Å²) in [5.41, 5.74) is 2.97. The van der Waals surface area contributed by atoms with Crippen molar-refractivity contribution in [1.29, 1.82) is 0 Å². The molecule has 1 aliphatic heterocycles. The summed E-state index contributed by atoms with van der Waals surface area (Å²) in [5, 5.41) is 2.97. The van der Waals surface area contributed by atoms with E-state index in [1.165, 1.54) is 0 Å². The fourth-order valence-corrected chi connectivity index (χ4v) is 1.64. The zero-order valence-corrected chi connectivity index (χ0v) is 10.2. The third kappa shape index (κ3) is 4.16. The maximum Gasteiger partial charge on any atom is 0.263 e. The zero-order chi connectivity index (χ0) is 11.4. The van der Waals surface area contributed by atoms with Gasteiger partial charge in [0.25, 0.3) is 5.66 Å². The minimum atomic E-state index is -2.69. The first-order valence-corrected chi connectivity index (χ1v) is 5.64. The number of piperidine rings is 1. The van der Waals surface area contributed by atoms with Crippen LogP contribution in [-0.2, 0) is 0 Å². The lowest BCUT2D eigenvalue weighted by Gasteiger charge is -2.35. The first-order valence-electron chi connectivity index (χ1n) is 5.07. The number of halogens is 2. The van der Waals surface area contributed by atoms with Crippen molar-refractivity contribution in [2.24, 2.45) is 11.7 Å². The summed E-state index contributed by atoms with van der Waals surface area (Å²) >= 11 is 0. The van der Waals surface area contributed by atoms with Gasteiger partial charge in [0.15, 0.2) is 0 Å². The Balaban J connectivity index is 0.000000791. The summed E-state index contributed by atoms with van der Waals surface area (Å²) in [6.45, 7) is 6.27. The van der Waals surface area contributed by atoms with Crippen LogP contribution in [-0.4, -0.2) is 24.3 Å². The number of hydrogen-bond donors (Lipinski definition) is 2. The highest BCUT2D eigenvalue weighted by molar-refractivity contribution is 7.18. The average molecular weight is 226 g/mol. The van der Waals surface area contributed by atoms with Crippen molar-refractivity contribution in [3.05, 3.63) is 0 Å². The molecule has 0 radical (unpaired) electrons. The second-order valence-electron chi connectivity index (χ2n) is 3.47. The zero-order valence-electron chi connectivity index (χ0n) is 9.06. The van der Waals surface area contributed by atoms with Gasteiger partial charge < -0.3 is 11.1 Å². The highest BCUT2D eigenvalue weighted by atomic mass is 31.0. The van der Waals surface area contributed by atoms with Gasteiger partial charge in [-0.15, -0.1) is 0 Å². The van der Waals surface area contributed by atoms with Crippen LogP contribution in [0, 0.1) is 5.92 Å². The van der Waals surface area contributed by atoms with Crippen LogP contribution in [0.2, 0.25) is 0 Å². The molecule has 1 saturated heterocycles. The molecule has 1 fully saturated rings. The van der Waals surface area contributed by atoms with Gasteiger partial charge in [0, 0.05) is 24.5 Å². The summed E-state index contributed by atoms with van der Waals surface area (Å²) in [7, 11) is 1.58. The highest BCUT2D eigenvalue weighted by Crippen LogP contribution is 2.35. The van der Waals surface area contributed by atoms with E-state index in [-0.39, 0.29) is 12.1 Å². The first-order chi connectivity index (χ1) is 6.41. The van der Waals surface area contributed by atoms with Crippen LogP contribution in [0.1, 0.15) is 27.2 Å². The van der Waals surface area contributed by atoms with E-state index in [2.05, 4.69) is 5.32 Å². The Morgan fingerprint density at radius 3 is 2.29 bits per heavy atom. The number of hydrogen-bond acceptors (Lipinski definition) is 2. The number of rotatable bonds is 1. The van der Waals surface area contributed by atoms with E-state index in [0.717, 1.165) is 0 Å². The fourth-order valence-electron chi connectivity index (χ4n) is 1.39. The molecule has 4 atom stereocenters. The van der Waals surface area contributed by atoms with E-state index in [9.17, 15) is 8.78 Å². The molecule has 86 valence electrons. The normalized spacial score (nSPS) is 33.2. The van der Waals surface area contributed by atoms with Gasteiger partial charge in [-0.2, -0.15) is 0 Å². The SMILES string of the molecule is CC.CC1NCC(C(F)(F)P)CC1N. The Morgan fingerprint density at radius 1 is 1.43 bits per heavy atom. The molecular weight excluding hydrogens is 205 g/mol. The molecule has 2 nitrogen and oxygen atoms in total. The molecule has 0 aromatic rings. The minimum Gasteiger partial charge on any atom is -0.326 e. The lowest BCUT2D eigenvalue weighted by molar-refractivity contribution is 0.0160. The van der Waals surface area contributed by atoms with Crippen molar-refractivity contribution >= 4 is 9.24 Å². The van der Waals surface area contributed by atoms with Crippen molar-refractivity contribution < 1.29 is 8.78 Å². The van der Waals surface area contributed by atoms with Gasteiger partial charge in [-0.05, 0) is 13.3 Å². The van der Waals surface area contributed by atoms with E-state index in [1.807, 2.05) is 20.8 Å². The van der Waals surface area contributed by atoms with E-state index in [4.69, 9.17) is 5.73 Å². The van der Waals surface area contributed by atoms with E-state index < -0.39 is 11.6 Å². The Morgan fingerprint density at radius 2 is 1.93 bits per heavy atom. The van der Waals surface area contributed by atoms with Crippen LogP contribution in [0.4, 0.5) is 8.78 Å². The number of nitrogens with one attached hydrogen (secondary N) is 1. The summed E-state index contributed by atoms with van der Waals surface area (Å²) in [6.07, 6.45) is 0.394. The molecule has 5 heteroatoms. The minimum absolute atomic E-state index is 0.147. The van der Waals surface area contributed by atoms with Crippen LogP contribution in [0.5, 0.6) is 0 Å². The summed E-state index contributed by atoms with van der Waals surface area (Å²) < 4.78 is 25.6. The molecule has 4 unspecified atom stereocenters. The Hall–Kier alpha value is 0.210. The molecule has 0 saturated carbocycles. The Kier molecular flexibility index (Phi) is 6.03. The molecular formula is C9H21F2N2P. The van der Waals surface area contributed by atoms with Gasteiger partial charge in [-0.1, -0.05) is 23.1 Å². The van der Waals surface area contributed by atoms with Crippen molar-refractivity contribution in [3.8, 4) is 0 Å². The number of nitrogens with two attached hydrogens (primary N) is 1. The second kappa shape index (κ2) is 5.94. The molecule has 0 aliphatic carbocycles. The molecule has 0 bridgehead atoms. The van der Waals surface area contributed by atoms with Crippen molar-refractivity contribution in [2.75, 3.05) is 6.54 Å². The first kappa shape index (κ1) is 14.2. The van der Waals surface area contributed by atoms with Gasteiger partial charge in [0.2, 0.25) is 0 Å². The second-order valence-corrected chi connectivity index (χ2v) is 4.24. The smallest absolute Gasteiger partial charge is 0.263 e. The summed E-state index contributed by atoms with van der Waals surface area (Å²) in [5.74, 6) is -0.645. The molecule has 0 amide bonds. The van der Waals surface area contributed by atoms with Crippen LogP contribution in [0.3, 0.4) is 0 Å². The monoisotopic (exact) mass is 226 g/mol. The van der Waals surface area contributed by atoms with Gasteiger partial charge in [-0.25, -0.2) is 8.78 Å². The topological polar surface area (TPSA) is 38.0 Å². The molecule has 1 heterocycles. The summed E-state index contributed by atoms with van der Waals surface area (Å²) in [6, 6.07) is -0.0104. The van der Waals surface area contributed by atoms with Gasteiger partial charge in [-0.3, -0.25) is 0 Å². The van der Waals surface area contributed by atoms with Gasteiger partial charge in [0.05, 0.1) is 0 Å². The van der Waals surface area contributed by atoms with E-state index in [0.29, 0.717) is 13.0 Å². The molecule has 0 spiro atoms. The van der Waals surface area contributed by atoms with Gasteiger partial charge >= 0.3 is 0 Å². The maximum atomic E-state index is 12.8. The largest absolute Gasteiger partial charge is 0.326 e. The third-order valence-electron chi connectivity index (χ3n) is 2.43. The molecule has 0 aromatic heterocycles. The van der Waals surface area contributed by atoms with E-state index >= 15 is 0 Å². The predicted octanol–water partition coefficient (Wildman–Crippen LogP) is 1.81. The third-order valence-corrected chi connectivity index (χ3v) is 2.90. The van der Waals surface area contributed by atoms with Crippen molar-refractivity contribution in [3.63, 3.8) is 0 Å².